The van der Waals surface area contributed by atoms with Gasteiger partial charge in [-0.25, -0.2) is 5.10 Å². The summed E-state index contributed by atoms with van der Waals surface area (Å²) in [5, 5.41) is 11.6. The van der Waals surface area contributed by atoms with E-state index in [4.69, 9.17) is 5.73 Å². The van der Waals surface area contributed by atoms with E-state index in [2.05, 4.69) is 20.4 Å². The minimum absolute atomic E-state index is 0.181. The van der Waals surface area contributed by atoms with Gasteiger partial charge in [-0.15, -0.1) is 0 Å². The van der Waals surface area contributed by atoms with Crippen LogP contribution in [0.15, 0.2) is 47.3 Å². The molecule has 6 nitrogen and oxygen atoms in total. The molecule has 0 amide bonds. The normalized spacial score (nSPS) is 14.9. The number of anilines is 2. The van der Waals surface area contributed by atoms with Gasteiger partial charge < -0.3 is 16.0 Å². The molecule has 24 heavy (non-hydrogen) atoms. The highest BCUT2D eigenvalue weighted by Gasteiger charge is 2.15. The summed E-state index contributed by atoms with van der Waals surface area (Å²) in [6.07, 6.45) is 0. The minimum atomic E-state index is -0.181. The van der Waals surface area contributed by atoms with Crippen LogP contribution in [0.2, 0.25) is 0 Å². The Labute approximate surface area is 139 Å². The van der Waals surface area contributed by atoms with Crippen LogP contribution in [0.4, 0.5) is 11.4 Å². The molecule has 4 rings (SSSR count). The first-order valence-electron chi connectivity index (χ1n) is 8.07. The molecule has 122 valence electrons. The molecule has 3 aromatic rings. The molecule has 0 unspecified atom stereocenters. The zero-order chi connectivity index (χ0) is 16.5. The molecule has 0 aliphatic carbocycles. The van der Waals surface area contributed by atoms with Crippen molar-refractivity contribution in [2.24, 2.45) is 0 Å². The van der Waals surface area contributed by atoms with Crippen molar-refractivity contribution in [1.82, 2.24) is 15.5 Å². The summed E-state index contributed by atoms with van der Waals surface area (Å²) in [6.45, 7) is 3.83. The number of rotatable bonds is 2. The summed E-state index contributed by atoms with van der Waals surface area (Å²) in [5.74, 6) is 0. The lowest BCUT2D eigenvalue weighted by Gasteiger charge is -2.30. The molecular weight excluding hydrogens is 302 g/mol. The molecule has 1 aliphatic rings. The van der Waals surface area contributed by atoms with E-state index in [1.165, 1.54) is 0 Å². The molecule has 0 spiro atoms. The zero-order valence-corrected chi connectivity index (χ0v) is 13.2. The third-order valence-corrected chi connectivity index (χ3v) is 4.45. The summed E-state index contributed by atoms with van der Waals surface area (Å²) in [7, 11) is 0. The van der Waals surface area contributed by atoms with E-state index in [0.717, 1.165) is 54.2 Å². The van der Waals surface area contributed by atoms with Crippen LogP contribution in [0.3, 0.4) is 0 Å². The van der Waals surface area contributed by atoms with Gasteiger partial charge in [-0.3, -0.25) is 4.79 Å². The molecule has 1 aromatic heterocycles. The Bertz CT molecular complexity index is 944. The second-order valence-electron chi connectivity index (χ2n) is 5.96. The van der Waals surface area contributed by atoms with Gasteiger partial charge in [-0.05, 0) is 18.2 Å². The number of nitrogens with zero attached hydrogens (tertiary/aromatic N) is 2. The van der Waals surface area contributed by atoms with Crippen LogP contribution in [0, 0.1) is 0 Å². The van der Waals surface area contributed by atoms with E-state index in [1.807, 2.05) is 36.4 Å². The van der Waals surface area contributed by atoms with E-state index in [0.29, 0.717) is 5.39 Å². The fourth-order valence-corrected chi connectivity index (χ4v) is 3.23. The van der Waals surface area contributed by atoms with E-state index in [1.54, 1.807) is 6.07 Å². The van der Waals surface area contributed by atoms with E-state index < -0.39 is 0 Å². The Hall–Kier alpha value is -2.86. The van der Waals surface area contributed by atoms with Gasteiger partial charge in [0.15, 0.2) is 0 Å². The van der Waals surface area contributed by atoms with Crippen LogP contribution in [0.1, 0.15) is 0 Å². The van der Waals surface area contributed by atoms with E-state index in [9.17, 15) is 4.79 Å². The molecule has 0 radical (unpaired) electrons. The molecule has 1 saturated heterocycles. The van der Waals surface area contributed by atoms with E-state index >= 15 is 0 Å². The lowest BCUT2D eigenvalue weighted by atomic mass is 10.0. The van der Waals surface area contributed by atoms with Crippen molar-refractivity contribution in [2.75, 3.05) is 36.8 Å². The smallest absolute Gasteiger partial charge is 0.272 e. The van der Waals surface area contributed by atoms with Crippen molar-refractivity contribution in [3.8, 4) is 11.3 Å². The third kappa shape index (κ3) is 2.51. The Morgan fingerprint density at radius 2 is 1.79 bits per heavy atom. The maximum Gasteiger partial charge on any atom is 0.272 e. The van der Waals surface area contributed by atoms with Crippen LogP contribution in [-0.4, -0.2) is 36.4 Å². The second kappa shape index (κ2) is 5.98. The molecule has 1 aliphatic heterocycles. The first-order valence-corrected chi connectivity index (χ1v) is 8.07. The number of H-pyrrole nitrogens is 1. The number of piperazine rings is 1. The highest BCUT2D eigenvalue weighted by molar-refractivity contribution is 5.94. The van der Waals surface area contributed by atoms with Crippen LogP contribution in [0.5, 0.6) is 0 Å². The van der Waals surface area contributed by atoms with Crippen molar-refractivity contribution in [1.29, 1.82) is 0 Å². The monoisotopic (exact) mass is 321 g/mol. The minimum Gasteiger partial charge on any atom is -0.397 e. The third-order valence-electron chi connectivity index (χ3n) is 4.45. The lowest BCUT2D eigenvalue weighted by molar-refractivity contribution is 0.590. The maximum absolute atomic E-state index is 11.9. The van der Waals surface area contributed by atoms with Gasteiger partial charge in [0, 0.05) is 37.1 Å². The summed E-state index contributed by atoms with van der Waals surface area (Å²) in [4.78, 5) is 14.2. The highest BCUT2D eigenvalue weighted by Crippen LogP contribution is 2.31. The number of hydrogen-bond donors (Lipinski definition) is 3. The molecule has 0 bridgehead atoms. The van der Waals surface area contributed by atoms with Gasteiger partial charge in [-0.1, -0.05) is 24.3 Å². The van der Waals surface area contributed by atoms with Crippen molar-refractivity contribution in [3.63, 3.8) is 0 Å². The quantitative estimate of drug-likeness (QED) is 0.624. The number of benzene rings is 2. The Kier molecular flexibility index (Phi) is 3.66. The second-order valence-corrected chi connectivity index (χ2v) is 5.96. The number of aromatic nitrogens is 2. The molecule has 4 N–H and O–H groups in total. The summed E-state index contributed by atoms with van der Waals surface area (Å²) >= 11 is 0. The van der Waals surface area contributed by atoms with Gasteiger partial charge in [0.2, 0.25) is 0 Å². The average molecular weight is 321 g/mol. The van der Waals surface area contributed by atoms with Crippen LogP contribution in [-0.2, 0) is 0 Å². The van der Waals surface area contributed by atoms with Gasteiger partial charge in [0.05, 0.1) is 22.5 Å². The fraction of sp³-hybridized carbons (Fsp3) is 0.222. The predicted octanol–water partition coefficient (Wildman–Crippen LogP) is 1.58. The lowest BCUT2D eigenvalue weighted by Crippen LogP contribution is -2.43. The van der Waals surface area contributed by atoms with Crippen molar-refractivity contribution in [3.05, 3.63) is 52.8 Å². The van der Waals surface area contributed by atoms with Crippen molar-refractivity contribution in [2.45, 2.75) is 0 Å². The Morgan fingerprint density at radius 3 is 2.54 bits per heavy atom. The maximum atomic E-state index is 11.9. The van der Waals surface area contributed by atoms with Crippen molar-refractivity contribution < 1.29 is 0 Å². The molecule has 2 heterocycles. The molecule has 1 fully saturated rings. The van der Waals surface area contributed by atoms with E-state index in [-0.39, 0.29) is 5.56 Å². The summed E-state index contributed by atoms with van der Waals surface area (Å²) in [6, 6.07) is 13.5. The molecule has 0 saturated carbocycles. The van der Waals surface area contributed by atoms with Gasteiger partial charge >= 0.3 is 0 Å². The van der Waals surface area contributed by atoms with Crippen molar-refractivity contribution >= 4 is 22.1 Å². The zero-order valence-electron chi connectivity index (χ0n) is 13.2. The molecule has 6 heteroatoms. The van der Waals surface area contributed by atoms with Gasteiger partial charge in [-0.2, -0.15) is 5.10 Å². The average Bonchev–Trinajstić information content (AvgIpc) is 2.63. The first-order chi connectivity index (χ1) is 11.7. The number of nitrogens with two attached hydrogens (primary N) is 1. The molecule has 0 atom stereocenters. The number of nitrogen functional groups attached to an aromatic ring is 1. The highest BCUT2D eigenvalue weighted by atomic mass is 16.1. The number of aromatic amines is 1. The standard InChI is InChI=1S/C18H19N5O/c19-15-11-12(5-6-16(15)23-9-7-20-8-10-23)17-13-3-1-2-4-14(13)18(24)22-21-17/h1-6,11,20H,7-10,19H2,(H,22,24). The topological polar surface area (TPSA) is 87.0 Å². The number of fused-ring (bicyclic) bond motifs is 1. The number of hydrogen-bond acceptors (Lipinski definition) is 5. The van der Waals surface area contributed by atoms with Gasteiger partial charge in [0.25, 0.3) is 5.56 Å². The fourth-order valence-electron chi connectivity index (χ4n) is 3.23. The molecule has 2 aromatic carbocycles. The largest absolute Gasteiger partial charge is 0.397 e. The SMILES string of the molecule is Nc1cc(-c2n[nH]c(=O)c3ccccc23)ccc1N1CCNCC1. The first kappa shape index (κ1) is 14.7. The van der Waals surface area contributed by atoms with Crippen LogP contribution < -0.4 is 21.5 Å². The summed E-state index contributed by atoms with van der Waals surface area (Å²) < 4.78 is 0. The van der Waals surface area contributed by atoms with Crippen LogP contribution in [0.25, 0.3) is 22.0 Å². The molecular formula is C18H19N5O. The predicted molar refractivity (Wildman–Crippen MR) is 97.3 cm³/mol. The van der Waals surface area contributed by atoms with Crippen LogP contribution >= 0.6 is 0 Å². The Morgan fingerprint density at radius 1 is 1.04 bits per heavy atom. The van der Waals surface area contributed by atoms with Gasteiger partial charge in [0.1, 0.15) is 0 Å². The summed E-state index contributed by atoms with van der Waals surface area (Å²) in [5.41, 5.74) is 9.54. The number of nitrogens with one attached hydrogen (secondary N) is 2. The Balaban J connectivity index is 1.79.